The number of aliphatic hydroxyl groups is 1. The van der Waals surface area contributed by atoms with E-state index in [-0.39, 0.29) is 6.10 Å². The number of rotatable bonds is 2. The Morgan fingerprint density at radius 1 is 1.16 bits per heavy atom. The topological polar surface area (TPSA) is 38.7 Å². The van der Waals surface area contributed by atoms with E-state index in [0.717, 1.165) is 22.6 Å². The quantitative estimate of drug-likeness (QED) is 0.896. The number of methoxy groups -OCH3 is 1. The first kappa shape index (κ1) is 12.1. The highest BCUT2D eigenvalue weighted by atomic mass is 16.5. The molecule has 2 aromatic carbocycles. The molecule has 0 aromatic heterocycles. The van der Waals surface area contributed by atoms with Crippen LogP contribution in [0.25, 0.3) is 0 Å². The zero-order valence-electron chi connectivity index (χ0n) is 10.7. The Morgan fingerprint density at radius 3 is 2.68 bits per heavy atom. The molecule has 19 heavy (non-hydrogen) atoms. The third-order valence-electron chi connectivity index (χ3n) is 3.45. The molecule has 1 N–H and O–H groups in total. The van der Waals surface area contributed by atoms with Crippen molar-refractivity contribution >= 4 is 0 Å². The summed E-state index contributed by atoms with van der Waals surface area (Å²) in [6.45, 7) is 0. The van der Waals surface area contributed by atoms with E-state index in [2.05, 4.69) is 0 Å². The number of hydrogen-bond donors (Lipinski definition) is 1. The second-order valence-corrected chi connectivity index (χ2v) is 4.67. The van der Waals surface area contributed by atoms with E-state index >= 15 is 0 Å². The van der Waals surface area contributed by atoms with Crippen LogP contribution in [0, 0.1) is 0 Å². The Kier molecular flexibility index (Phi) is 3.13. The van der Waals surface area contributed by atoms with Crippen molar-refractivity contribution in [3.05, 3.63) is 59.7 Å². The van der Waals surface area contributed by atoms with Crippen LogP contribution >= 0.6 is 0 Å². The maximum atomic E-state index is 10.3. The molecular weight excluding hydrogens is 240 g/mol. The van der Waals surface area contributed by atoms with Crippen LogP contribution in [0.3, 0.4) is 0 Å². The summed E-state index contributed by atoms with van der Waals surface area (Å²) in [7, 11) is 1.62. The van der Waals surface area contributed by atoms with Crippen LogP contribution in [0.4, 0.5) is 0 Å². The molecule has 0 radical (unpaired) electrons. The smallest absolute Gasteiger partial charge is 0.127 e. The molecule has 0 amide bonds. The Bertz CT molecular complexity index is 565. The Balaban J connectivity index is 1.92. The van der Waals surface area contributed by atoms with Gasteiger partial charge in [0.15, 0.2) is 0 Å². The zero-order valence-corrected chi connectivity index (χ0v) is 10.7. The molecule has 1 aliphatic heterocycles. The van der Waals surface area contributed by atoms with Crippen molar-refractivity contribution in [3.8, 4) is 11.5 Å². The highest BCUT2D eigenvalue weighted by Gasteiger charge is 2.28. The fourth-order valence-corrected chi connectivity index (χ4v) is 2.42. The van der Waals surface area contributed by atoms with Crippen molar-refractivity contribution in [2.45, 2.75) is 18.6 Å². The van der Waals surface area contributed by atoms with Gasteiger partial charge in [0.2, 0.25) is 0 Å². The lowest BCUT2D eigenvalue weighted by molar-refractivity contribution is 0.0654. The van der Waals surface area contributed by atoms with Crippen LogP contribution in [-0.2, 0) is 0 Å². The molecule has 0 bridgehead atoms. The van der Waals surface area contributed by atoms with Crippen molar-refractivity contribution in [2.75, 3.05) is 7.11 Å². The molecule has 0 aliphatic carbocycles. The first-order chi connectivity index (χ1) is 9.28. The van der Waals surface area contributed by atoms with E-state index in [1.54, 1.807) is 7.11 Å². The highest BCUT2D eigenvalue weighted by molar-refractivity contribution is 5.43. The van der Waals surface area contributed by atoms with Gasteiger partial charge in [-0.2, -0.15) is 0 Å². The van der Waals surface area contributed by atoms with Crippen molar-refractivity contribution in [2.24, 2.45) is 0 Å². The zero-order chi connectivity index (χ0) is 13.2. The first-order valence-electron chi connectivity index (χ1n) is 6.35. The van der Waals surface area contributed by atoms with Gasteiger partial charge in [-0.3, -0.25) is 0 Å². The second kappa shape index (κ2) is 4.94. The number of hydrogen-bond acceptors (Lipinski definition) is 3. The van der Waals surface area contributed by atoms with E-state index in [0.29, 0.717) is 6.42 Å². The molecule has 3 nitrogen and oxygen atoms in total. The second-order valence-electron chi connectivity index (χ2n) is 4.67. The number of aliphatic hydroxyl groups excluding tert-OH is 1. The fourth-order valence-electron chi connectivity index (χ4n) is 2.42. The summed E-state index contributed by atoms with van der Waals surface area (Å²) in [5, 5.41) is 10.3. The van der Waals surface area contributed by atoms with Gasteiger partial charge in [-0.05, 0) is 23.8 Å². The summed E-state index contributed by atoms with van der Waals surface area (Å²) < 4.78 is 11.1. The monoisotopic (exact) mass is 256 g/mol. The summed E-state index contributed by atoms with van der Waals surface area (Å²) in [4.78, 5) is 0. The van der Waals surface area contributed by atoms with Gasteiger partial charge in [0, 0.05) is 12.0 Å². The molecule has 0 spiro atoms. The Hall–Kier alpha value is -2.00. The van der Waals surface area contributed by atoms with Crippen molar-refractivity contribution in [3.63, 3.8) is 0 Å². The van der Waals surface area contributed by atoms with Crippen molar-refractivity contribution in [1.82, 2.24) is 0 Å². The lowest BCUT2D eigenvalue weighted by Crippen LogP contribution is -2.19. The summed E-state index contributed by atoms with van der Waals surface area (Å²) in [5.74, 6) is 1.47. The van der Waals surface area contributed by atoms with Gasteiger partial charge < -0.3 is 14.6 Å². The van der Waals surface area contributed by atoms with E-state index in [9.17, 15) is 5.11 Å². The lowest BCUT2D eigenvalue weighted by atomic mass is 9.95. The van der Waals surface area contributed by atoms with E-state index in [4.69, 9.17) is 9.47 Å². The average Bonchev–Trinajstić information content (AvgIpc) is 2.48. The normalized spacial score (nSPS) is 21.4. The van der Waals surface area contributed by atoms with Crippen LogP contribution in [0.1, 0.15) is 29.8 Å². The molecule has 0 saturated carbocycles. The lowest BCUT2D eigenvalue weighted by Gasteiger charge is -2.30. The van der Waals surface area contributed by atoms with Gasteiger partial charge in [-0.1, -0.05) is 30.3 Å². The van der Waals surface area contributed by atoms with Crippen LogP contribution in [0.5, 0.6) is 11.5 Å². The van der Waals surface area contributed by atoms with Gasteiger partial charge in [0.25, 0.3) is 0 Å². The molecule has 0 fully saturated rings. The third-order valence-corrected chi connectivity index (χ3v) is 3.45. The summed E-state index contributed by atoms with van der Waals surface area (Å²) in [6, 6.07) is 15.5. The molecule has 1 heterocycles. The number of benzene rings is 2. The molecule has 2 atom stereocenters. The number of fused-ring (bicyclic) bond motifs is 1. The average molecular weight is 256 g/mol. The first-order valence-corrected chi connectivity index (χ1v) is 6.35. The summed E-state index contributed by atoms with van der Waals surface area (Å²) in [5.41, 5.74) is 1.88. The van der Waals surface area contributed by atoms with Gasteiger partial charge in [-0.25, -0.2) is 0 Å². The van der Waals surface area contributed by atoms with Gasteiger partial charge >= 0.3 is 0 Å². The maximum Gasteiger partial charge on any atom is 0.127 e. The minimum atomic E-state index is -0.524. The fraction of sp³-hybridized carbons (Fsp3) is 0.250. The molecule has 3 heteroatoms. The van der Waals surface area contributed by atoms with Crippen LogP contribution in [0.15, 0.2) is 48.5 Å². The van der Waals surface area contributed by atoms with Crippen LogP contribution < -0.4 is 9.47 Å². The molecule has 3 rings (SSSR count). The van der Waals surface area contributed by atoms with Gasteiger partial charge in [-0.15, -0.1) is 0 Å². The predicted octanol–water partition coefficient (Wildman–Crippen LogP) is 3.25. The van der Waals surface area contributed by atoms with Gasteiger partial charge in [0.05, 0.1) is 13.2 Å². The minimum absolute atomic E-state index is 0.0999. The minimum Gasteiger partial charge on any atom is -0.497 e. The molecule has 0 saturated heterocycles. The molecule has 2 aromatic rings. The molecule has 1 unspecified atom stereocenters. The van der Waals surface area contributed by atoms with E-state index in [1.807, 2.05) is 48.5 Å². The predicted molar refractivity (Wildman–Crippen MR) is 72.4 cm³/mol. The van der Waals surface area contributed by atoms with Gasteiger partial charge in [0.1, 0.15) is 17.6 Å². The van der Waals surface area contributed by atoms with E-state index in [1.165, 1.54) is 0 Å². The standard InChI is InChI=1S/C16H16O3/c1-18-12-7-8-15-13(9-12)14(17)10-16(19-15)11-5-3-2-4-6-11/h2-9,14,16-17H,10H2,1H3/t14-,16?/m1/s1. The summed E-state index contributed by atoms with van der Waals surface area (Å²) in [6.07, 6.45) is -0.0642. The van der Waals surface area contributed by atoms with Crippen LogP contribution in [0.2, 0.25) is 0 Å². The Labute approximate surface area is 112 Å². The molecule has 1 aliphatic rings. The maximum absolute atomic E-state index is 10.3. The van der Waals surface area contributed by atoms with E-state index < -0.39 is 6.10 Å². The highest BCUT2D eigenvalue weighted by Crippen LogP contribution is 2.41. The van der Waals surface area contributed by atoms with Crippen LogP contribution in [-0.4, -0.2) is 12.2 Å². The van der Waals surface area contributed by atoms with Crippen molar-refractivity contribution in [1.29, 1.82) is 0 Å². The summed E-state index contributed by atoms with van der Waals surface area (Å²) >= 11 is 0. The number of ether oxygens (including phenoxy) is 2. The Morgan fingerprint density at radius 2 is 1.95 bits per heavy atom. The van der Waals surface area contributed by atoms with Crippen molar-refractivity contribution < 1.29 is 14.6 Å². The largest absolute Gasteiger partial charge is 0.497 e. The molecular formula is C16H16O3. The molecule has 98 valence electrons. The third kappa shape index (κ3) is 2.29. The SMILES string of the molecule is COc1ccc2c(c1)[C@H](O)CC(c1ccccc1)O2.